The molecule has 0 bridgehead atoms. The van der Waals surface area contributed by atoms with Gasteiger partial charge >= 0.3 is 5.97 Å². The third kappa shape index (κ3) is 2.86. The molecule has 0 aliphatic heterocycles. The number of aromatic nitrogens is 2. The van der Waals surface area contributed by atoms with E-state index in [0.29, 0.717) is 11.4 Å². The number of aryl methyl sites for hydroxylation is 1. The molecule has 0 unspecified atom stereocenters. The fraction of sp³-hybridized carbons (Fsp3) is 0.167. The van der Waals surface area contributed by atoms with Crippen LogP contribution in [0.4, 0.5) is 5.82 Å². The molecular weight excluding hydrogens is 306 g/mol. The number of nitrogens with one attached hydrogen (secondary N) is 1. The third-order valence-electron chi connectivity index (χ3n) is 3.70. The van der Waals surface area contributed by atoms with Crippen molar-refractivity contribution in [3.05, 3.63) is 59.8 Å². The zero-order valence-electron chi connectivity index (χ0n) is 13.4. The summed E-state index contributed by atoms with van der Waals surface area (Å²) < 4.78 is 6.44. The molecule has 0 spiro atoms. The minimum Gasteiger partial charge on any atom is -0.462 e. The number of rotatable bonds is 4. The Morgan fingerprint density at radius 3 is 2.67 bits per heavy atom. The minimum atomic E-state index is -0.515. The maximum Gasteiger partial charge on any atom is 0.343 e. The second kappa shape index (κ2) is 6.54. The summed E-state index contributed by atoms with van der Waals surface area (Å²) in [5.41, 5.74) is 0.761. The smallest absolute Gasteiger partial charge is 0.343 e. The van der Waals surface area contributed by atoms with Crippen molar-refractivity contribution in [2.24, 2.45) is 7.05 Å². The van der Waals surface area contributed by atoms with E-state index < -0.39 is 5.97 Å². The van der Waals surface area contributed by atoms with E-state index in [9.17, 15) is 9.59 Å². The van der Waals surface area contributed by atoms with Gasteiger partial charge in [0.15, 0.2) is 0 Å². The monoisotopic (exact) mass is 323 g/mol. The Balaban J connectivity index is 1.95. The van der Waals surface area contributed by atoms with Crippen LogP contribution in [0.5, 0.6) is 0 Å². The molecule has 0 saturated heterocycles. The summed E-state index contributed by atoms with van der Waals surface area (Å²) in [7, 11) is 1.65. The molecular formula is C18H17N3O3. The molecule has 1 aromatic heterocycles. The summed E-state index contributed by atoms with van der Waals surface area (Å²) in [5, 5.41) is 8.62. The van der Waals surface area contributed by atoms with Gasteiger partial charge in [-0.25, -0.2) is 4.79 Å². The Morgan fingerprint density at radius 1 is 1.12 bits per heavy atom. The summed E-state index contributed by atoms with van der Waals surface area (Å²) in [6.07, 6.45) is 1.39. The van der Waals surface area contributed by atoms with Gasteiger partial charge in [0, 0.05) is 12.6 Å². The van der Waals surface area contributed by atoms with Crippen LogP contribution in [-0.4, -0.2) is 28.3 Å². The first-order valence-electron chi connectivity index (χ1n) is 7.60. The van der Waals surface area contributed by atoms with Gasteiger partial charge in [-0.2, -0.15) is 5.10 Å². The molecule has 0 saturated carbocycles. The lowest BCUT2D eigenvalue weighted by atomic mass is 10.0. The highest BCUT2D eigenvalue weighted by atomic mass is 16.5. The van der Waals surface area contributed by atoms with Crippen LogP contribution in [0.1, 0.15) is 27.6 Å². The predicted octanol–water partition coefficient (Wildman–Crippen LogP) is 3.00. The van der Waals surface area contributed by atoms with E-state index in [-0.39, 0.29) is 18.1 Å². The lowest BCUT2D eigenvalue weighted by molar-refractivity contribution is 0.0527. The first kappa shape index (κ1) is 15.7. The van der Waals surface area contributed by atoms with Gasteiger partial charge in [0.1, 0.15) is 11.4 Å². The van der Waals surface area contributed by atoms with Crippen molar-refractivity contribution in [3.8, 4) is 0 Å². The van der Waals surface area contributed by atoms with Crippen molar-refractivity contribution in [1.82, 2.24) is 9.78 Å². The number of esters is 1. The largest absolute Gasteiger partial charge is 0.462 e. The normalized spacial score (nSPS) is 10.6. The fourth-order valence-electron chi connectivity index (χ4n) is 2.54. The van der Waals surface area contributed by atoms with Crippen LogP contribution in [0.3, 0.4) is 0 Å². The van der Waals surface area contributed by atoms with Gasteiger partial charge in [0.2, 0.25) is 0 Å². The Kier molecular flexibility index (Phi) is 4.29. The first-order chi connectivity index (χ1) is 11.6. The summed E-state index contributed by atoms with van der Waals surface area (Å²) >= 11 is 0. The summed E-state index contributed by atoms with van der Waals surface area (Å²) in [5.74, 6) is -0.508. The average molecular weight is 323 g/mol. The van der Waals surface area contributed by atoms with Crippen LogP contribution in [0.15, 0.2) is 48.7 Å². The number of nitrogens with zero attached hydrogens (tertiary/aromatic N) is 2. The molecule has 0 aliphatic carbocycles. The van der Waals surface area contributed by atoms with Gasteiger partial charge < -0.3 is 10.1 Å². The third-order valence-corrected chi connectivity index (χ3v) is 3.70. The van der Waals surface area contributed by atoms with Crippen LogP contribution < -0.4 is 5.32 Å². The van der Waals surface area contributed by atoms with Crippen molar-refractivity contribution in [2.45, 2.75) is 6.92 Å². The second-order valence-electron chi connectivity index (χ2n) is 5.23. The van der Waals surface area contributed by atoms with Gasteiger partial charge in [0.05, 0.1) is 12.8 Å². The maximum atomic E-state index is 12.7. The highest BCUT2D eigenvalue weighted by Gasteiger charge is 2.20. The van der Waals surface area contributed by atoms with Crippen molar-refractivity contribution < 1.29 is 14.3 Å². The van der Waals surface area contributed by atoms with Gasteiger partial charge in [-0.3, -0.25) is 9.48 Å². The van der Waals surface area contributed by atoms with E-state index in [2.05, 4.69) is 10.4 Å². The lowest BCUT2D eigenvalue weighted by Crippen LogP contribution is -2.17. The van der Waals surface area contributed by atoms with Crippen molar-refractivity contribution in [3.63, 3.8) is 0 Å². The zero-order valence-corrected chi connectivity index (χ0v) is 13.4. The first-order valence-corrected chi connectivity index (χ1v) is 7.60. The van der Waals surface area contributed by atoms with Crippen molar-refractivity contribution >= 4 is 28.5 Å². The quantitative estimate of drug-likeness (QED) is 0.749. The van der Waals surface area contributed by atoms with Gasteiger partial charge in [-0.1, -0.05) is 36.4 Å². The molecule has 0 radical (unpaired) electrons. The van der Waals surface area contributed by atoms with Crippen molar-refractivity contribution in [1.29, 1.82) is 0 Å². The van der Waals surface area contributed by atoms with Gasteiger partial charge in [0.25, 0.3) is 5.91 Å². The zero-order chi connectivity index (χ0) is 17.1. The lowest BCUT2D eigenvalue weighted by Gasteiger charge is -2.10. The number of benzene rings is 2. The van der Waals surface area contributed by atoms with Crippen LogP contribution >= 0.6 is 0 Å². The van der Waals surface area contributed by atoms with Crippen molar-refractivity contribution in [2.75, 3.05) is 11.9 Å². The minimum absolute atomic E-state index is 0.230. The molecule has 3 aromatic rings. The molecule has 0 fully saturated rings. The molecule has 122 valence electrons. The Morgan fingerprint density at radius 2 is 1.88 bits per heavy atom. The standard InChI is InChI=1S/C18H17N3O3/c1-3-24-18(23)15-11-19-21(2)16(15)20-17(22)14-10-6-8-12-7-4-5-9-13(12)14/h4-11H,3H2,1-2H3,(H,20,22). The number of hydrogen-bond donors (Lipinski definition) is 1. The second-order valence-corrected chi connectivity index (χ2v) is 5.23. The average Bonchev–Trinajstić information content (AvgIpc) is 2.95. The fourth-order valence-corrected chi connectivity index (χ4v) is 2.54. The molecule has 6 nitrogen and oxygen atoms in total. The van der Waals surface area contributed by atoms with Crippen LogP contribution in [-0.2, 0) is 11.8 Å². The number of hydrogen-bond acceptors (Lipinski definition) is 4. The van der Waals surface area contributed by atoms with E-state index in [4.69, 9.17) is 4.74 Å². The maximum absolute atomic E-state index is 12.7. The number of carbonyl (C=O) groups is 2. The molecule has 0 aliphatic rings. The van der Waals surface area contributed by atoms with E-state index in [1.54, 1.807) is 20.0 Å². The highest BCUT2D eigenvalue weighted by Crippen LogP contribution is 2.21. The van der Waals surface area contributed by atoms with Crippen LogP contribution in [0, 0.1) is 0 Å². The molecule has 1 amide bonds. The van der Waals surface area contributed by atoms with E-state index in [1.165, 1.54) is 10.9 Å². The molecule has 0 atom stereocenters. The molecule has 1 N–H and O–H groups in total. The SMILES string of the molecule is CCOC(=O)c1cnn(C)c1NC(=O)c1cccc2ccccc12. The molecule has 24 heavy (non-hydrogen) atoms. The van der Waals surface area contributed by atoms with E-state index >= 15 is 0 Å². The Hall–Kier alpha value is -3.15. The summed E-state index contributed by atoms with van der Waals surface area (Å²) in [6.45, 7) is 1.98. The molecule has 2 aromatic carbocycles. The highest BCUT2D eigenvalue weighted by molar-refractivity contribution is 6.14. The van der Waals surface area contributed by atoms with Crippen LogP contribution in [0.2, 0.25) is 0 Å². The van der Waals surface area contributed by atoms with Gasteiger partial charge in [-0.15, -0.1) is 0 Å². The Bertz CT molecular complexity index is 910. The van der Waals surface area contributed by atoms with E-state index in [1.807, 2.05) is 36.4 Å². The number of ether oxygens (including phenoxy) is 1. The molecule has 6 heteroatoms. The summed E-state index contributed by atoms with van der Waals surface area (Å²) in [4.78, 5) is 24.7. The number of amides is 1. The number of anilines is 1. The predicted molar refractivity (Wildman–Crippen MR) is 91.1 cm³/mol. The summed E-state index contributed by atoms with van der Waals surface area (Å²) in [6, 6.07) is 13.2. The molecule has 3 rings (SSSR count). The number of carbonyl (C=O) groups excluding carboxylic acids is 2. The van der Waals surface area contributed by atoms with Gasteiger partial charge in [-0.05, 0) is 23.8 Å². The molecule has 1 heterocycles. The Labute approximate surface area is 139 Å². The topological polar surface area (TPSA) is 73.2 Å². The van der Waals surface area contributed by atoms with Crippen LogP contribution in [0.25, 0.3) is 10.8 Å². The number of fused-ring (bicyclic) bond motifs is 1. The van der Waals surface area contributed by atoms with E-state index in [0.717, 1.165) is 10.8 Å².